The number of nitrogens with one attached hydrogen (secondary N) is 1. The number of anilines is 2. The molecule has 2 heterocycles. The number of nitrogens with zero attached hydrogens (tertiary/aromatic N) is 4. The Balaban J connectivity index is 1.44. The third-order valence-corrected chi connectivity index (χ3v) is 4.80. The van der Waals surface area contributed by atoms with Crippen LogP contribution in [-0.4, -0.2) is 42.0 Å². The number of nitriles is 1. The Hall–Kier alpha value is -3.89. The van der Waals surface area contributed by atoms with E-state index in [1.165, 1.54) is 6.08 Å². The van der Waals surface area contributed by atoms with Gasteiger partial charge in [-0.05, 0) is 42.5 Å². The maximum atomic E-state index is 12.6. The summed E-state index contributed by atoms with van der Waals surface area (Å²) in [5, 5.41) is 16.5. The predicted octanol–water partition coefficient (Wildman–Crippen LogP) is 3.25. The highest BCUT2D eigenvalue weighted by molar-refractivity contribution is 6.09. The minimum absolute atomic E-state index is 0.0138. The van der Waals surface area contributed by atoms with Gasteiger partial charge in [-0.1, -0.05) is 18.2 Å². The first kappa shape index (κ1) is 19.4. The average Bonchev–Trinajstić information content (AvgIpc) is 3.28. The van der Waals surface area contributed by atoms with Crippen molar-refractivity contribution >= 4 is 23.4 Å². The fraction of sp³-hybridized carbons (Fsp3) is 0.174. The van der Waals surface area contributed by atoms with Crippen molar-refractivity contribution < 1.29 is 9.53 Å². The maximum absolute atomic E-state index is 12.6. The van der Waals surface area contributed by atoms with Crippen molar-refractivity contribution in [1.29, 1.82) is 5.26 Å². The molecule has 7 nitrogen and oxygen atoms in total. The van der Waals surface area contributed by atoms with Gasteiger partial charge in [-0.15, -0.1) is 0 Å². The fourth-order valence-corrected chi connectivity index (χ4v) is 3.22. The SMILES string of the molecule is N#C/C(=C\c1cnn(-c2ccccc2)c1)C(=O)Nc1ccc(N2CCOCC2)cc1. The van der Waals surface area contributed by atoms with Gasteiger partial charge < -0.3 is 15.0 Å². The first-order valence-corrected chi connectivity index (χ1v) is 9.69. The van der Waals surface area contributed by atoms with E-state index in [9.17, 15) is 10.1 Å². The first-order chi connectivity index (χ1) is 14.7. The molecular formula is C23H21N5O2. The molecule has 2 aromatic carbocycles. The van der Waals surface area contributed by atoms with Crippen molar-refractivity contribution in [3.63, 3.8) is 0 Å². The van der Waals surface area contributed by atoms with Gasteiger partial charge in [0.15, 0.2) is 0 Å². The normalized spacial score (nSPS) is 14.2. The molecule has 0 atom stereocenters. The summed E-state index contributed by atoms with van der Waals surface area (Å²) in [5.41, 5.74) is 3.31. The van der Waals surface area contributed by atoms with Crippen molar-refractivity contribution in [2.75, 3.05) is 36.5 Å². The highest BCUT2D eigenvalue weighted by Crippen LogP contribution is 2.20. The van der Waals surface area contributed by atoms with Gasteiger partial charge >= 0.3 is 0 Å². The van der Waals surface area contributed by atoms with Crippen LogP contribution in [0.4, 0.5) is 11.4 Å². The van der Waals surface area contributed by atoms with Crippen LogP contribution in [0.1, 0.15) is 5.56 Å². The van der Waals surface area contributed by atoms with Crippen LogP contribution in [0.3, 0.4) is 0 Å². The van der Waals surface area contributed by atoms with Crippen LogP contribution in [0.2, 0.25) is 0 Å². The van der Waals surface area contributed by atoms with Crippen LogP contribution in [0, 0.1) is 11.3 Å². The van der Waals surface area contributed by atoms with Gasteiger partial charge in [0.05, 0.1) is 25.1 Å². The summed E-state index contributed by atoms with van der Waals surface area (Å²) in [6.45, 7) is 3.14. The number of carbonyl (C=O) groups is 1. The number of ether oxygens (including phenoxy) is 1. The lowest BCUT2D eigenvalue weighted by Crippen LogP contribution is -2.36. The molecule has 1 aromatic heterocycles. The summed E-state index contributed by atoms with van der Waals surface area (Å²) in [6.07, 6.45) is 4.93. The minimum atomic E-state index is -0.455. The second kappa shape index (κ2) is 9.07. The van der Waals surface area contributed by atoms with Gasteiger partial charge in [-0.3, -0.25) is 4.79 Å². The van der Waals surface area contributed by atoms with Crippen molar-refractivity contribution in [3.05, 3.63) is 78.1 Å². The van der Waals surface area contributed by atoms with E-state index in [1.807, 2.05) is 60.7 Å². The molecule has 7 heteroatoms. The number of carbonyl (C=O) groups excluding carboxylic acids is 1. The van der Waals surface area contributed by atoms with Crippen molar-refractivity contribution in [2.45, 2.75) is 0 Å². The van der Waals surface area contributed by atoms with Crippen molar-refractivity contribution in [1.82, 2.24) is 9.78 Å². The van der Waals surface area contributed by atoms with E-state index in [4.69, 9.17) is 4.74 Å². The Bertz CT molecular complexity index is 1070. The molecule has 1 amide bonds. The van der Waals surface area contributed by atoms with E-state index in [-0.39, 0.29) is 5.57 Å². The van der Waals surface area contributed by atoms with Crippen LogP contribution in [0.25, 0.3) is 11.8 Å². The van der Waals surface area contributed by atoms with Crippen LogP contribution >= 0.6 is 0 Å². The molecule has 1 aliphatic rings. The summed E-state index contributed by atoms with van der Waals surface area (Å²) in [6, 6.07) is 19.2. The van der Waals surface area contributed by atoms with Gasteiger partial charge in [0.2, 0.25) is 0 Å². The van der Waals surface area contributed by atoms with Gasteiger partial charge in [0.1, 0.15) is 11.6 Å². The third-order valence-electron chi connectivity index (χ3n) is 4.80. The zero-order valence-electron chi connectivity index (χ0n) is 16.4. The molecular weight excluding hydrogens is 378 g/mol. The quantitative estimate of drug-likeness (QED) is 0.526. The van der Waals surface area contributed by atoms with E-state index in [0.717, 1.165) is 37.7 Å². The zero-order chi connectivity index (χ0) is 20.8. The molecule has 3 aromatic rings. The number of para-hydroxylation sites is 1. The molecule has 150 valence electrons. The monoisotopic (exact) mass is 399 g/mol. The number of aromatic nitrogens is 2. The first-order valence-electron chi connectivity index (χ1n) is 9.69. The Labute approximate surface area is 174 Å². The lowest BCUT2D eigenvalue weighted by Gasteiger charge is -2.28. The number of morpholine rings is 1. The van der Waals surface area contributed by atoms with Gasteiger partial charge in [0, 0.05) is 36.2 Å². The second-order valence-corrected chi connectivity index (χ2v) is 6.82. The zero-order valence-corrected chi connectivity index (χ0v) is 16.4. The lowest BCUT2D eigenvalue weighted by molar-refractivity contribution is -0.112. The topological polar surface area (TPSA) is 83.2 Å². The molecule has 0 aliphatic carbocycles. The standard InChI is InChI=1S/C23H21N5O2/c24-15-19(14-18-16-25-28(17-18)22-4-2-1-3-5-22)23(29)26-20-6-8-21(9-7-20)27-10-12-30-13-11-27/h1-9,14,16-17H,10-13H2,(H,26,29)/b19-14+. The molecule has 0 bridgehead atoms. The number of amides is 1. The molecule has 30 heavy (non-hydrogen) atoms. The van der Waals surface area contributed by atoms with E-state index >= 15 is 0 Å². The maximum Gasteiger partial charge on any atom is 0.266 e. The fourth-order valence-electron chi connectivity index (χ4n) is 3.22. The molecule has 0 saturated carbocycles. The Morgan fingerprint density at radius 1 is 1.07 bits per heavy atom. The largest absolute Gasteiger partial charge is 0.378 e. The van der Waals surface area contributed by atoms with E-state index < -0.39 is 5.91 Å². The lowest BCUT2D eigenvalue weighted by atomic mass is 10.2. The van der Waals surface area contributed by atoms with Crippen LogP contribution in [-0.2, 0) is 9.53 Å². The van der Waals surface area contributed by atoms with Crippen LogP contribution < -0.4 is 10.2 Å². The number of rotatable bonds is 5. The molecule has 4 rings (SSSR count). The Morgan fingerprint density at radius 3 is 2.50 bits per heavy atom. The van der Waals surface area contributed by atoms with Crippen LogP contribution in [0.15, 0.2) is 72.6 Å². The molecule has 1 fully saturated rings. The predicted molar refractivity (Wildman–Crippen MR) is 115 cm³/mol. The average molecular weight is 399 g/mol. The Kier molecular flexibility index (Phi) is 5.88. The van der Waals surface area contributed by atoms with E-state index in [1.54, 1.807) is 17.1 Å². The number of benzene rings is 2. The van der Waals surface area contributed by atoms with Crippen LogP contribution in [0.5, 0.6) is 0 Å². The van der Waals surface area contributed by atoms with Gasteiger partial charge in [-0.2, -0.15) is 10.4 Å². The number of hydrogen-bond donors (Lipinski definition) is 1. The third kappa shape index (κ3) is 4.57. The highest BCUT2D eigenvalue weighted by Gasteiger charge is 2.13. The molecule has 1 aliphatic heterocycles. The molecule has 1 N–H and O–H groups in total. The number of hydrogen-bond acceptors (Lipinski definition) is 5. The molecule has 0 radical (unpaired) electrons. The second-order valence-electron chi connectivity index (χ2n) is 6.82. The van der Waals surface area contributed by atoms with E-state index in [0.29, 0.717) is 11.3 Å². The minimum Gasteiger partial charge on any atom is -0.378 e. The van der Waals surface area contributed by atoms with Gasteiger partial charge in [-0.25, -0.2) is 4.68 Å². The highest BCUT2D eigenvalue weighted by atomic mass is 16.5. The summed E-state index contributed by atoms with van der Waals surface area (Å²) in [5.74, 6) is -0.455. The Morgan fingerprint density at radius 2 is 1.80 bits per heavy atom. The van der Waals surface area contributed by atoms with Crippen molar-refractivity contribution in [3.8, 4) is 11.8 Å². The summed E-state index contributed by atoms with van der Waals surface area (Å²) in [4.78, 5) is 14.8. The summed E-state index contributed by atoms with van der Waals surface area (Å²) >= 11 is 0. The van der Waals surface area contributed by atoms with Gasteiger partial charge in [0.25, 0.3) is 5.91 Å². The molecule has 0 unspecified atom stereocenters. The molecule has 0 spiro atoms. The summed E-state index contributed by atoms with van der Waals surface area (Å²) in [7, 11) is 0. The smallest absolute Gasteiger partial charge is 0.266 e. The van der Waals surface area contributed by atoms with Crippen molar-refractivity contribution in [2.24, 2.45) is 0 Å². The molecule has 1 saturated heterocycles. The summed E-state index contributed by atoms with van der Waals surface area (Å²) < 4.78 is 7.07. The van der Waals surface area contributed by atoms with E-state index in [2.05, 4.69) is 15.3 Å².